The Balaban J connectivity index is 2.58. The number of halogens is 2. The van der Waals surface area contributed by atoms with E-state index in [1.54, 1.807) is 13.8 Å². The van der Waals surface area contributed by atoms with Gasteiger partial charge in [-0.1, -0.05) is 0 Å². The third-order valence-corrected chi connectivity index (χ3v) is 6.65. The van der Waals surface area contributed by atoms with Crippen molar-refractivity contribution < 1.29 is 8.42 Å². The number of benzene rings is 1. The fraction of sp³-hybridized carbons (Fsp3) is 0.500. The third-order valence-electron chi connectivity index (χ3n) is 3.65. The van der Waals surface area contributed by atoms with Crippen molar-refractivity contribution >= 4 is 55.1 Å². The first kappa shape index (κ1) is 17.0. The lowest BCUT2D eigenvalue weighted by Crippen LogP contribution is -2.36. The van der Waals surface area contributed by atoms with Gasteiger partial charge in [-0.3, -0.25) is 0 Å². The number of alkyl halides is 1. The Bertz CT molecular complexity index is 769. The molecule has 0 spiro atoms. The van der Waals surface area contributed by atoms with E-state index >= 15 is 0 Å². The van der Waals surface area contributed by atoms with Crippen LogP contribution in [0.25, 0.3) is 11.0 Å². The average Bonchev–Trinajstić information content (AvgIpc) is 2.65. The second-order valence-electron chi connectivity index (χ2n) is 5.72. The van der Waals surface area contributed by atoms with Crippen LogP contribution >= 0.6 is 34.2 Å². The lowest BCUT2D eigenvalue weighted by Gasteiger charge is -2.24. The monoisotopic (exact) mass is 440 g/mol. The van der Waals surface area contributed by atoms with Crippen LogP contribution in [0.2, 0.25) is 0 Å². The Morgan fingerprint density at radius 1 is 1.38 bits per heavy atom. The van der Waals surface area contributed by atoms with Crippen LogP contribution in [0.1, 0.15) is 19.7 Å². The van der Waals surface area contributed by atoms with E-state index in [0.717, 1.165) is 20.4 Å². The summed E-state index contributed by atoms with van der Waals surface area (Å²) in [5.41, 5.74) is 1.83. The van der Waals surface area contributed by atoms with Crippen molar-refractivity contribution in [2.75, 3.05) is 12.1 Å². The topological polar surface area (TPSA) is 52.0 Å². The minimum Gasteiger partial charge on any atom is -0.326 e. The Kier molecular flexibility index (Phi) is 4.90. The lowest BCUT2D eigenvalue weighted by molar-refractivity contribution is 0.501. The summed E-state index contributed by atoms with van der Waals surface area (Å²) in [4.78, 5) is 4.61. The fourth-order valence-corrected chi connectivity index (χ4v) is 3.11. The summed E-state index contributed by atoms with van der Waals surface area (Å²) in [6, 6.07) is 5.98. The minimum absolute atomic E-state index is 0.370. The molecule has 0 bridgehead atoms. The Labute approximate surface area is 143 Å². The predicted octanol–water partition coefficient (Wildman–Crippen LogP) is 3.25. The maximum atomic E-state index is 12.0. The molecule has 21 heavy (non-hydrogen) atoms. The number of sulfone groups is 1. The highest BCUT2D eigenvalue weighted by molar-refractivity contribution is 14.1. The molecule has 7 heteroatoms. The van der Waals surface area contributed by atoms with Gasteiger partial charge in [-0.25, -0.2) is 13.4 Å². The molecule has 1 aromatic carbocycles. The molecule has 0 radical (unpaired) electrons. The van der Waals surface area contributed by atoms with Gasteiger partial charge >= 0.3 is 0 Å². The van der Waals surface area contributed by atoms with Gasteiger partial charge in [-0.05, 0) is 54.6 Å². The van der Waals surface area contributed by atoms with E-state index in [2.05, 4.69) is 27.6 Å². The summed E-state index contributed by atoms with van der Waals surface area (Å²) in [6.07, 6.45) is 1.89. The summed E-state index contributed by atoms with van der Waals surface area (Å²) in [5, 5.41) is 0. The van der Waals surface area contributed by atoms with Crippen LogP contribution in [-0.4, -0.2) is 34.9 Å². The van der Waals surface area contributed by atoms with Crippen LogP contribution in [0, 0.1) is 3.57 Å². The van der Waals surface area contributed by atoms with E-state index in [-0.39, 0.29) is 0 Å². The van der Waals surface area contributed by atoms with Gasteiger partial charge in [0.1, 0.15) is 5.82 Å². The van der Waals surface area contributed by atoms with Crippen molar-refractivity contribution in [3.05, 3.63) is 27.6 Å². The zero-order valence-electron chi connectivity index (χ0n) is 12.2. The molecule has 116 valence electrons. The SMILES string of the molecule is CC(C)(Cn1c(CCCl)nc2cc(I)ccc21)S(C)(=O)=O. The highest BCUT2D eigenvalue weighted by Gasteiger charge is 2.32. The summed E-state index contributed by atoms with van der Waals surface area (Å²) < 4.78 is 26.2. The maximum Gasteiger partial charge on any atom is 0.154 e. The summed E-state index contributed by atoms with van der Waals surface area (Å²) in [7, 11) is -3.17. The molecule has 2 aromatic rings. The highest BCUT2D eigenvalue weighted by Crippen LogP contribution is 2.25. The van der Waals surface area contributed by atoms with Crippen LogP contribution < -0.4 is 0 Å². The molecule has 0 N–H and O–H groups in total. The number of aryl methyl sites for hydroxylation is 1. The first-order chi connectivity index (χ1) is 9.65. The van der Waals surface area contributed by atoms with E-state index < -0.39 is 14.6 Å². The van der Waals surface area contributed by atoms with Gasteiger partial charge in [0, 0.05) is 28.7 Å². The molecule has 0 fully saturated rings. The van der Waals surface area contributed by atoms with Crippen LogP contribution in [0.15, 0.2) is 18.2 Å². The van der Waals surface area contributed by atoms with Crippen LogP contribution in [0.4, 0.5) is 0 Å². The standard InChI is InChI=1S/C14H18ClIN2O2S/c1-14(2,21(3,19)20)9-18-12-5-4-10(16)8-11(12)17-13(18)6-7-15/h4-5,8H,6-7,9H2,1-3H3. The van der Waals surface area contributed by atoms with Crippen molar-refractivity contribution in [3.63, 3.8) is 0 Å². The molecule has 0 saturated heterocycles. The van der Waals surface area contributed by atoms with Crippen molar-refractivity contribution in [2.24, 2.45) is 0 Å². The van der Waals surface area contributed by atoms with Crippen LogP contribution in [0.3, 0.4) is 0 Å². The smallest absolute Gasteiger partial charge is 0.154 e. The van der Waals surface area contributed by atoms with Gasteiger partial charge in [0.25, 0.3) is 0 Å². The summed E-state index contributed by atoms with van der Waals surface area (Å²) in [5.74, 6) is 1.29. The average molecular weight is 441 g/mol. The number of aromatic nitrogens is 2. The molecule has 1 heterocycles. The first-order valence-corrected chi connectivity index (χ1v) is 10.1. The molecule has 0 amide bonds. The molecule has 4 nitrogen and oxygen atoms in total. The van der Waals surface area contributed by atoms with Gasteiger partial charge < -0.3 is 4.57 Å². The number of hydrogen-bond donors (Lipinski definition) is 0. The minimum atomic E-state index is -3.17. The molecule has 0 aliphatic rings. The van der Waals surface area contributed by atoms with E-state index in [1.165, 1.54) is 6.26 Å². The molecule has 0 aliphatic heterocycles. The van der Waals surface area contributed by atoms with Crippen LogP contribution in [0.5, 0.6) is 0 Å². The zero-order valence-corrected chi connectivity index (χ0v) is 16.0. The molecule has 0 unspecified atom stereocenters. The summed E-state index contributed by atoms with van der Waals surface area (Å²) >= 11 is 8.10. The number of rotatable bonds is 5. The van der Waals surface area contributed by atoms with Gasteiger partial charge in [0.05, 0.1) is 15.8 Å². The predicted molar refractivity (Wildman–Crippen MR) is 95.8 cm³/mol. The lowest BCUT2D eigenvalue weighted by atomic mass is 10.2. The first-order valence-electron chi connectivity index (χ1n) is 6.56. The van der Waals surface area contributed by atoms with E-state index in [9.17, 15) is 8.42 Å². The van der Waals surface area contributed by atoms with Gasteiger partial charge in [0.15, 0.2) is 9.84 Å². The van der Waals surface area contributed by atoms with Crippen LogP contribution in [-0.2, 0) is 22.8 Å². The normalized spacial score (nSPS) is 13.0. The van der Waals surface area contributed by atoms with Crippen molar-refractivity contribution in [2.45, 2.75) is 31.6 Å². The van der Waals surface area contributed by atoms with Crippen molar-refractivity contribution in [1.29, 1.82) is 0 Å². The highest BCUT2D eigenvalue weighted by atomic mass is 127. The molecule has 2 rings (SSSR count). The van der Waals surface area contributed by atoms with E-state index in [4.69, 9.17) is 11.6 Å². The molecule has 0 saturated carbocycles. The van der Waals surface area contributed by atoms with Gasteiger partial charge in [-0.15, -0.1) is 11.6 Å². The molecular weight excluding hydrogens is 423 g/mol. The Morgan fingerprint density at radius 2 is 2.05 bits per heavy atom. The van der Waals surface area contributed by atoms with Gasteiger partial charge in [-0.2, -0.15) is 0 Å². The molecule has 0 aliphatic carbocycles. The molecule has 0 atom stereocenters. The zero-order chi connectivity index (χ0) is 15.8. The number of imidazole rings is 1. The maximum absolute atomic E-state index is 12.0. The van der Waals surface area contributed by atoms with E-state index in [1.807, 2.05) is 22.8 Å². The van der Waals surface area contributed by atoms with Gasteiger partial charge in [0.2, 0.25) is 0 Å². The number of nitrogens with zero attached hydrogens (tertiary/aromatic N) is 2. The quantitative estimate of drug-likeness (QED) is 0.530. The number of fused-ring (bicyclic) bond motifs is 1. The molecular formula is C14H18ClIN2O2S. The number of hydrogen-bond acceptors (Lipinski definition) is 3. The second-order valence-corrected chi connectivity index (χ2v) is 9.99. The van der Waals surface area contributed by atoms with E-state index in [0.29, 0.717) is 18.8 Å². The van der Waals surface area contributed by atoms with Crippen molar-refractivity contribution in [3.8, 4) is 0 Å². The Morgan fingerprint density at radius 3 is 2.62 bits per heavy atom. The second kappa shape index (κ2) is 6.04. The summed E-state index contributed by atoms with van der Waals surface area (Å²) in [6.45, 7) is 3.85. The Hall–Kier alpha value is -0.340. The largest absolute Gasteiger partial charge is 0.326 e. The van der Waals surface area contributed by atoms with Crippen molar-refractivity contribution in [1.82, 2.24) is 9.55 Å². The molecule has 1 aromatic heterocycles. The fourth-order valence-electron chi connectivity index (χ4n) is 2.10. The third kappa shape index (κ3) is 3.53.